The molecule has 0 spiro atoms. The van der Waals surface area contributed by atoms with E-state index in [4.69, 9.17) is 4.74 Å². The fourth-order valence-corrected chi connectivity index (χ4v) is 4.26. The van der Waals surface area contributed by atoms with Gasteiger partial charge in [-0.3, -0.25) is 10.1 Å². The normalized spacial score (nSPS) is 10.8. The quantitative estimate of drug-likeness (QED) is 0.0723. The first-order chi connectivity index (χ1) is 17.5. The molecule has 0 atom stereocenters. The molecule has 0 heterocycles. The number of nitrogens with zero attached hydrogens (tertiary/aromatic N) is 1. The molecule has 0 amide bonds. The molecule has 0 unspecified atom stereocenters. The van der Waals surface area contributed by atoms with Gasteiger partial charge in [0.1, 0.15) is 16.9 Å². The molecule has 0 bridgehead atoms. The number of esters is 2. The fraction of sp³-hybridized carbons (Fsp3) is 0.714. The predicted octanol–water partition coefficient (Wildman–Crippen LogP) is 7.81. The molecule has 0 fully saturated rings. The van der Waals surface area contributed by atoms with Crippen LogP contribution in [0.2, 0.25) is 0 Å². The van der Waals surface area contributed by atoms with Gasteiger partial charge in [0.15, 0.2) is 0 Å². The summed E-state index contributed by atoms with van der Waals surface area (Å²) in [6, 6.07) is 2.48. The molecule has 0 saturated carbocycles. The van der Waals surface area contributed by atoms with Crippen LogP contribution in [0.3, 0.4) is 0 Å². The molecule has 0 aliphatic rings. The smallest absolute Gasteiger partial charge is 0.345 e. The largest absolute Gasteiger partial charge is 0.494 e. The van der Waals surface area contributed by atoms with Crippen molar-refractivity contribution >= 4 is 17.6 Å². The van der Waals surface area contributed by atoms with E-state index in [1.165, 1.54) is 95.6 Å². The van der Waals surface area contributed by atoms with Crippen LogP contribution >= 0.6 is 0 Å². The summed E-state index contributed by atoms with van der Waals surface area (Å²) < 4.78 is 15.0. The Morgan fingerprint density at radius 3 is 1.39 bits per heavy atom. The Morgan fingerprint density at radius 1 is 0.694 bits per heavy atom. The minimum absolute atomic E-state index is 0.197. The highest BCUT2D eigenvalue weighted by Gasteiger charge is 2.31. The fourth-order valence-electron chi connectivity index (χ4n) is 4.26. The molecule has 1 rings (SSSR count). The molecular formula is C28H45NO7. The summed E-state index contributed by atoms with van der Waals surface area (Å²) in [7, 11) is 2.24. The Labute approximate surface area is 216 Å². The molecule has 1 aromatic rings. The minimum atomic E-state index is -0.917. The maximum absolute atomic E-state index is 12.1. The number of hydrogen-bond donors (Lipinski definition) is 0. The number of nitro groups is 1. The molecule has 0 aliphatic carbocycles. The molecule has 0 radical (unpaired) electrons. The maximum Gasteiger partial charge on any atom is 0.345 e. The Morgan fingerprint density at radius 2 is 1.06 bits per heavy atom. The lowest BCUT2D eigenvalue weighted by atomic mass is 10.0. The predicted molar refractivity (Wildman–Crippen MR) is 141 cm³/mol. The van der Waals surface area contributed by atoms with E-state index in [1.54, 1.807) is 0 Å². The number of carbonyl (C=O) groups excluding carboxylic acids is 2. The van der Waals surface area contributed by atoms with Crippen LogP contribution in [0.5, 0.6) is 5.75 Å². The lowest BCUT2D eigenvalue weighted by Gasteiger charge is -2.11. The number of carbonyl (C=O) groups is 2. The molecule has 0 saturated heterocycles. The SMILES string of the molecule is CCCCCCCCCCCCCCCCCCOc1cc(C(=O)OC)c([N+](=O)[O-])c(C(=O)OC)c1. The van der Waals surface area contributed by atoms with E-state index in [1.807, 2.05) is 0 Å². The number of benzene rings is 1. The molecule has 8 heteroatoms. The standard InChI is InChI=1S/C28H45NO7/c1-4-5-6-7-8-9-10-11-12-13-14-15-16-17-18-19-20-36-23-21-24(27(30)34-2)26(29(32)33)25(22-23)28(31)35-3/h21-22H,4-20H2,1-3H3. The van der Waals surface area contributed by atoms with Crippen LogP contribution < -0.4 is 4.74 Å². The summed E-state index contributed by atoms with van der Waals surface area (Å²) in [5.41, 5.74) is -1.33. The molecule has 1 aromatic carbocycles. The van der Waals surface area contributed by atoms with Crippen molar-refractivity contribution in [3.05, 3.63) is 33.4 Å². The van der Waals surface area contributed by atoms with Crippen LogP contribution in [-0.4, -0.2) is 37.7 Å². The molecule has 8 nitrogen and oxygen atoms in total. The van der Waals surface area contributed by atoms with E-state index in [9.17, 15) is 19.7 Å². The molecule has 0 aromatic heterocycles. The van der Waals surface area contributed by atoms with Gasteiger partial charge in [0.25, 0.3) is 5.69 Å². The topological polar surface area (TPSA) is 105 Å². The average molecular weight is 508 g/mol. The summed E-state index contributed by atoms with van der Waals surface area (Å²) in [6.45, 7) is 2.64. The second kappa shape index (κ2) is 19.5. The van der Waals surface area contributed by atoms with Crippen LogP contribution in [0, 0.1) is 10.1 Å². The summed E-state index contributed by atoms with van der Waals surface area (Å²) in [5.74, 6) is -1.64. The Kier molecular flexibility index (Phi) is 17.0. The van der Waals surface area contributed by atoms with Crippen molar-refractivity contribution < 1.29 is 28.7 Å². The average Bonchev–Trinajstić information content (AvgIpc) is 2.88. The third-order valence-corrected chi connectivity index (χ3v) is 6.34. The third-order valence-electron chi connectivity index (χ3n) is 6.34. The van der Waals surface area contributed by atoms with Gasteiger partial charge >= 0.3 is 11.9 Å². The monoisotopic (exact) mass is 507 g/mol. The van der Waals surface area contributed by atoms with Gasteiger partial charge in [-0.2, -0.15) is 0 Å². The second-order valence-corrected chi connectivity index (χ2v) is 9.26. The van der Waals surface area contributed by atoms with E-state index in [-0.39, 0.29) is 16.9 Å². The first-order valence-electron chi connectivity index (χ1n) is 13.6. The lowest BCUT2D eigenvalue weighted by Crippen LogP contribution is -2.13. The van der Waals surface area contributed by atoms with Crippen LogP contribution in [0.25, 0.3) is 0 Å². The summed E-state index contributed by atoms with van der Waals surface area (Å²) in [4.78, 5) is 34.8. The zero-order valence-electron chi connectivity index (χ0n) is 22.5. The Balaban J connectivity index is 2.26. The van der Waals surface area contributed by atoms with Crippen LogP contribution in [-0.2, 0) is 9.47 Å². The first-order valence-corrected chi connectivity index (χ1v) is 13.6. The van der Waals surface area contributed by atoms with E-state index in [2.05, 4.69) is 16.4 Å². The second-order valence-electron chi connectivity index (χ2n) is 9.26. The van der Waals surface area contributed by atoms with Gasteiger partial charge in [0.2, 0.25) is 0 Å². The van der Waals surface area contributed by atoms with Gasteiger partial charge in [0, 0.05) is 12.1 Å². The van der Waals surface area contributed by atoms with E-state index < -0.39 is 22.5 Å². The summed E-state index contributed by atoms with van der Waals surface area (Å²) >= 11 is 0. The Hall–Kier alpha value is -2.64. The number of nitro benzene ring substituents is 1. The van der Waals surface area contributed by atoms with Crippen LogP contribution in [0.1, 0.15) is 130 Å². The van der Waals surface area contributed by atoms with Crippen molar-refractivity contribution in [1.29, 1.82) is 0 Å². The highest BCUT2D eigenvalue weighted by atomic mass is 16.6. The highest BCUT2D eigenvalue weighted by molar-refractivity contribution is 6.02. The lowest BCUT2D eigenvalue weighted by molar-refractivity contribution is -0.385. The third kappa shape index (κ3) is 12.4. The number of unbranched alkanes of at least 4 members (excludes halogenated alkanes) is 15. The van der Waals surface area contributed by atoms with Crippen LogP contribution in [0.15, 0.2) is 12.1 Å². The highest BCUT2D eigenvalue weighted by Crippen LogP contribution is 2.31. The van der Waals surface area contributed by atoms with Crippen molar-refractivity contribution in [3.8, 4) is 5.75 Å². The van der Waals surface area contributed by atoms with Gasteiger partial charge in [-0.1, -0.05) is 103 Å². The Bertz CT molecular complexity index is 757. The van der Waals surface area contributed by atoms with Gasteiger partial charge < -0.3 is 14.2 Å². The number of ether oxygens (including phenoxy) is 3. The van der Waals surface area contributed by atoms with E-state index in [0.29, 0.717) is 6.61 Å². The van der Waals surface area contributed by atoms with E-state index >= 15 is 0 Å². The van der Waals surface area contributed by atoms with E-state index in [0.717, 1.165) is 33.5 Å². The molecular weight excluding hydrogens is 462 g/mol. The van der Waals surface area contributed by atoms with Gasteiger partial charge in [-0.05, 0) is 6.42 Å². The minimum Gasteiger partial charge on any atom is -0.494 e. The molecule has 36 heavy (non-hydrogen) atoms. The molecule has 0 aliphatic heterocycles. The first kappa shape index (κ1) is 31.4. The number of hydrogen-bond acceptors (Lipinski definition) is 7. The summed E-state index contributed by atoms with van der Waals surface area (Å²) in [6.07, 6.45) is 20.4. The number of rotatable bonds is 21. The van der Waals surface area contributed by atoms with Crippen molar-refractivity contribution in [2.75, 3.05) is 20.8 Å². The van der Waals surface area contributed by atoms with Crippen molar-refractivity contribution in [2.24, 2.45) is 0 Å². The van der Waals surface area contributed by atoms with Gasteiger partial charge in [0.05, 0.1) is 25.7 Å². The van der Waals surface area contributed by atoms with Crippen molar-refractivity contribution in [2.45, 2.75) is 110 Å². The summed E-state index contributed by atoms with van der Waals surface area (Å²) in [5, 5.41) is 11.5. The van der Waals surface area contributed by atoms with Gasteiger partial charge in [-0.25, -0.2) is 9.59 Å². The molecule has 0 N–H and O–H groups in total. The number of methoxy groups -OCH3 is 2. The van der Waals surface area contributed by atoms with Crippen LogP contribution in [0.4, 0.5) is 5.69 Å². The zero-order valence-corrected chi connectivity index (χ0v) is 22.5. The van der Waals surface area contributed by atoms with Gasteiger partial charge in [-0.15, -0.1) is 0 Å². The zero-order chi connectivity index (χ0) is 26.6. The van der Waals surface area contributed by atoms with Crippen molar-refractivity contribution in [1.82, 2.24) is 0 Å². The molecule has 204 valence electrons. The maximum atomic E-state index is 12.1. The van der Waals surface area contributed by atoms with Crippen molar-refractivity contribution in [3.63, 3.8) is 0 Å².